The highest BCUT2D eigenvalue weighted by Gasteiger charge is 2.16. The van der Waals surface area contributed by atoms with Gasteiger partial charge in [-0.05, 0) is 37.9 Å². The SMILES string of the molecule is NCCc1c(F)cccc1NCC1CCCO1. The Hall–Kier alpha value is -1.13. The quantitative estimate of drug-likeness (QED) is 0.824. The lowest BCUT2D eigenvalue weighted by Crippen LogP contribution is -2.19. The Balaban J connectivity index is 2.00. The van der Waals surface area contributed by atoms with E-state index >= 15 is 0 Å². The summed E-state index contributed by atoms with van der Waals surface area (Å²) in [5.41, 5.74) is 7.01. The molecule has 4 heteroatoms. The number of rotatable bonds is 5. The Morgan fingerprint density at radius 1 is 1.47 bits per heavy atom. The van der Waals surface area contributed by atoms with E-state index in [1.807, 2.05) is 6.07 Å². The monoisotopic (exact) mass is 238 g/mol. The van der Waals surface area contributed by atoms with Gasteiger partial charge < -0.3 is 15.8 Å². The summed E-state index contributed by atoms with van der Waals surface area (Å²) in [6, 6.07) is 5.08. The Labute approximate surface area is 101 Å². The first-order valence-corrected chi connectivity index (χ1v) is 6.14. The van der Waals surface area contributed by atoms with E-state index in [1.54, 1.807) is 6.07 Å². The fraction of sp³-hybridized carbons (Fsp3) is 0.538. The third-order valence-corrected chi connectivity index (χ3v) is 3.06. The fourth-order valence-electron chi connectivity index (χ4n) is 2.15. The van der Waals surface area contributed by atoms with E-state index in [4.69, 9.17) is 10.5 Å². The Morgan fingerprint density at radius 2 is 2.35 bits per heavy atom. The summed E-state index contributed by atoms with van der Waals surface area (Å²) < 4.78 is 19.1. The smallest absolute Gasteiger partial charge is 0.128 e. The minimum atomic E-state index is -0.187. The van der Waals surface area contributed by atoms with Crippen LogP contribution in [0.2, 0.25) is 0 Å². The predicted molar refractivity (Wildman–Crippen MR) is 66.6 cm³/mol. The van der Waals surface area contributed by atoms with Crippen LogP contribution in [-0.2, 0) is 11.2 Å². The van der Waals surface area contributed by atoms with E-state index in [9.17, 15) is 4.39 Å². The van der Waals surface area contributed by atoms with E-state index in [-0.39, 0.29) is 11.9 Å². The van der Waals surface area contributed by atoms with Gasteiger partial charge in [-0.15, -0.1) is 0 Å². The van der Waals surface area contributed by atoms with Crippen LogP contribution in [-0.4, -0.2) is 25.8 Å². The lowest BCUT2D eigenvalue weighted by molar-refractivity contribution is 0.120. The van der Waals surface area contributed by atoms with Gasteiger partial charge in [0, 0.05) is 24.4 Å². The van der Waals surface area contributed by atoms with Crippen LogP contribution in [0.4, 0.5) is 10.1 Å². The maximum Gasteiger partial charge on any atom is 0.128 e. The molecule has 1 heterocycles. The van der Waals surface area contributed by atoms with Crippen molar-refractivity contribution in [1.29, 1.82) is 0 Å². The molecule has 2 rings (SSSR count). The molecular formula is C13H19FN2O. The van der Waals surface area contributed by atoms with E-state index in [0.717, 1.165) is 31.7 Å². The highest BCUT2D eigenvalue weighted by molar-refractivity contribution is 5.52. The maximum atomic E-state index is 13.6. The van der Waals surface area contributed by atoms with Crippen molar-refractivity contribution in [2.24, 2.45) is 5.73 Å². The van der Waals surface area contributed by atoms with Crippen molar-refractivity contribution in [3.05, 3.63) is 29.6 Å². The first-order valence-electron chi connectivity index (χ1n) is 6.14. The Morgan fingerprint density at radius 3 is 3.06 bits per heavy atom. The number of anilines is 1. The zero-order valence-corrected chi connectivity index (χ0v) is 9.92. The average molecular weight is 238 g/mol. The molecule has 0 aliphatic carbocycles. The molecule has 17 heavy (non-hydrogen) atoms. The molecule has 3 nitrogen and oxygen atoms in total. The van der Waals surface area contributed by atoms with Gasteiger partial charge in [0.2, 0.25) is 0 Å². The molecule has 0 saturated carbocycles. The number of hydrogen-bond acceptors (Lipinski definition) is 3. The van der Waals surface area contributed by atoms with Crippen molar-refractivity contribution in [3.8, 4) is 0 Å². The minimum absolute atomic E-state index is 0.187. The number of hydrogen-bond donors (Lipinski definition) is 2. The normalized spacial score (nSPS) is 19.5. The van der Waals surface area contributed by atoms with Gasteiger partial charge in [-0.2, -0.15) is 0 Å². The van der Waals surface area contributed by atoms with Gasteiger partial charge in [-0.3, -0.25) is 0 Å². The molecule has 1 aliphatic heterocycles. The summed E-state index contributed by atoms with van der Waals surface area (Å²) in [7, 11) is 0. The van der Waals surface area contributed by atoms with Crippen molar-refractivity contribution in [3.63, 3.8) is 0 Å². The molecule has 1 aromatic rings. The van der Waals surface area contributed by atoms with Gasteiger partial charge in [0.05, 0.1) is 6.10 Å². The topological polar surface area (TPSA) is 47.3 Å². The maximum absolute atomic E-state index is 13.6. The van der Waals surface area contributed by atoms with Crippen LogP contribution in [0, 0.1) is 5.82 Å². The largest absolute Gasteiger partial charge is 0.382 e. The molecule has 1 aromatic carbocycles. The second kappa shape index (κ2) is 5.98. The van der Waals surface area contributed by atoms with Crippen molar-refractivity contribution < 1.29 is 9.13 Å². The molecule has 0 amide bonds. The lowest BCUT2D eigenvalue weighted by Gasteiger charge is -2.15. The van der Waals surface area contributed by atoms with Gasteiger partial charge in [0.15, 0.2) is 0 Å². The summed E-state index contributed by atoms with van der Waals surface area (Å²) in [6.45, 7) is 2.03. The van der Waals surface area contributed by atoms with Crippen LogP contribution in [0.5, 0.6) is 0 Å². The standard InChI is InChI=1S/C13H19FN2O/c14-12-4-1-5-13(11(12)6-7-15)16-9-10-3-2-8-17-10/h1,4-5,10,16H,2-3,6-9,15H2. The van der Waals surface area contributed by atoms with Gasteiger partial charge in [-0.1, -0.05) is 6.07 Å². The van der Waals surface area contributed by atoms with Crippen LogP contribution in [0.3, 0.4) is 0 Å². The molecule has 1 saturated heterocycles. The average Bonchev–Trinajstić information content (AvgIpc) is 2.83. The first-order chi connectivity index (χ1) is 8.31. The van der Waals surface area contributed by atoms with Gasteiger partial charge in [-0.25, -0.2) is 4.39 Å². The third kappa shape index (κ3) is 3.17. The van der Waals surface area contributed by atoms with E-state index in [2.05, 4.69) is 5.32 Å². The molecular weight excluding hydrogens is 219 g/mol. The van der Waals surface area contributed by atoms with Crippen LogP contribution < -0.4 is 11.1 Å². The van der Waals surface area contributed by atoms with Gasteiger partial charge >= 0.3 is 0 Å². The number of halogens is 1. The molecule has 0 spiro atoms. The van der Waals surface area contributed by atoms with Crippen LogP contribution in [0.1, 0.15) is 18.4 Å². The molecule has 1 fully saturated rings. The second-order valence-electron chi connectivity index (χ2n) is 4.32. The number of nitrogens with two attached hydrogens (primary N) is 1. The number of nitrogens with one attached hydrogen (secondary N) is 1. The minimum Gasteiger partial charge on any atom is -0.382 e. The Bertz CT molecular complexity index is 364. The van der Waals surface area contributed by atoms with Crippen molar-refractivity contribution in [2.75, 3.05) is 25.0 Å². The highest BCUT2D eigenvalue weighted by Crippen LogP contribution is 2.20. The van der Waals surface area contributed by atoms with Crippen LogP contribution in [0.15, 0.2) is 18.2 Å². The van der Waals surface area contributed by atoms with Gasteiger partial charge in [0.25, 0.3) is 0 Å². The molecule has 1 atom stereocenters. The number of benzene rings is 1. The highest BCUT2D eigenvalue weighted by atomic mass is 19.1. The summed E-state index contributed by atoms with van der Waals surface area (Å²) in [5, 5.41) is 3.26. The molecule has 94 valence electrons. The van der Waals surface area contributed by atoms with Crippen LogP contribution >= 0.6 is 0 Å². The van der Waals surface area contributed by atoms with E-state index < -0.39 is 0 Å². The summed E-state index contributed by atoms with van der Waals surface area (Å²) in [6.07, 6.45) is 3.00. The van der Waals surface area contributed by atoms with Crippen molar-refractivity contribution >= 4 is 5.69 Å². The molecule has 1 aliphatic rings. The summed E-state index contributed by atoms with van der Waals surface area (Å²) in [5.74, 6) is -0.187. The molecule has 0 bridgehead atoms. The zero-order valence-electron chi connectivity index (χ0n) is 9.92. The van der Waals surface area contributed by atoms with Crippen LogP contribution in [0.25, 0.3) is 0 Å². The summed E-state index contributed by atoms with van der Waals surface area (Å²) >= 11 is 0. The van der Waals surface area contributed by atoms with E-state index in [1.165, 1.54) is 6.07 Å². The molecule has 0 aromatic heterocycles. The summed E-state index contributed by atoms with van der Waals surface area (Å²) in [4.78, 5) is 0. The third-order valence-electron chi connectivity index (χ3n) is 3.06. The van der Waals surface area contributed by atoms with Crippen molar-refractivity contribution in [2.45, 2.75) is 25.4 Å². The fourth-order valence-corrected chi connectivity index (χ4v) is 2.15. The van der Waals surface area contributed by atoms with Crippen molar-refractivity contribution in [1.82, 2.24) is 0 Å². The second-order valence-corrected chi connectivity index (χ2v) is 4.32. The Kier molecular flexibility index (Phi) is 4.34. The molecule has 1 unspecified atom stereocenters. The van der Waals surface area contributed by atoms with Gasteiger partial charge in [0.1, 0.15) is 5.82 Å². The zero-order chi connectivity index (χ0) is 12.1. The lowest BCUT2D eigenvalue weighted by atomic mass is 10.1. The first kappa shape index (κ1) is 12.3. The number of ether oxygens (including phenoxy) is 1. The van der Waals surface area contributed by atoms with E-state index in [0.29, 0.717) is 18.5 Å². The predicted octanol–water partition coefficient (Wildman–Crippen LogP) is 1.92. The molecule has 3 N–H and O–H groups in total. The molecule has 0 radical (unpaired) electrons.